The molecular formula is C13H23ClF2N2O. The summed E-state index contributed by atoms with van der Waals surface area (Å²) in [5.41, 5.74) is 4.93. The first kappa shape index (κ1) is 16.6. The summed E-state index contributed by atoms with van der Waals surface area (Å²) in [6, 6.07) is 0. The van der Waals surface area contributed by atoms with E-state index in [0.29, 0.717) is 11.8 Å². The Labute approximate surface area is 119 Å². The third-order valence-electron chi connectivity index (χ3n) is 4.25. The van der Waals surface area contributed by atoms with E-state index < -0.39 is 19.0 Å². The van der Waals surface area contributed by atoms with E-state index in [1.165, 1.54) is 32.1 Å². The number of halogens is 3. The molecule has 3 N–H and O–H groups in total. The zero-order valence-electron chi connectivity index (χ0n) is 11.0. The third-order valence-corrected chi connectivity index (χ3v) is 4.25. The Balaban J connectivity index is 0.00000180. The average Bonchev–Trinajstić information content (AvgIpc) is 3.17. The summed E-state index contributed by atoms with van der Waals surface area (Å²) in [7, 11) is 0. The second-order valence-corrected chi connectivity index (χ2v) is 5.68. The largest absolute Gasteiger partial charge is 0.350 e. The lowest BCUT2D eigenvalue weighted by molar-refractivity contribution is -0.124. The molecule has 2 atom stereocenters. The van der Waals surface area contributed by atoms with Crippen LogP contribution in [0.15, 0.2) is 0 Å². The Hall–Kier alpha value is -0.420. The van der Waals surface area contributed by atoms with Gasteiger partial charge in [0.1, 0.15) is 0 Å². The average molecular weight is 297 g/mol. The molecule has 2 aliphatic carbocycles. The fourth-order valence-electron chi connectivity index (χ4n) is 3.02. The summed E-state index contributed by atoms with van der Waals surface area (Å²) in [6.07, 6.45) is 7.08. The van der Waals surface area contributed by atoms with Crippen molar-refractivity contribution in [1.82, 2.24) is 5.32 Å². The number of rotatable bonds is 5. The third kappa shape index (κ3) is 4.56. The predicted octanol–water partition coefficient (Wildman–Crippen LogP) is 2.33. The van der Waals surface area contributed by atoms with Gasteiger partial charge in [-0.2, -0.15) is 0 Å². The van der Waals surface area contributed by atoms with E-state index in [1.54, 1.807) is 0 Å². The van der Waals surface area contributed by atoms with Crippen molar-refractivity contribution in [3.63, 3.8) is 0 Å². The number of hydrogen-bond donors (Lipinski definition) is 2. The van der Waals surface area contributed by atoms with Crippen molar-refractivity contribution < 1.29 is 13.6 Å². The number of alkyl halides is 2. The summed E-state index contributed by atoms with van der Waals surface area (Å²) in [6.45, 7) is -1.35. The van der Waals surface area contributed by atoms with Crippen molar-refractivity contribution in [2.75, 3.05) is 13.1 Å². The van der Waals surface area contributed by atoms with Crippen molar-refractivity contribution in [2.24, 2.45) is 23.5 Å². The molecule has 0 bridgehead atoms. The van der Waals surface area contributed by atoms with Crippen LogP contribution < -0.4 is 11.1 Å². The molecular weight excluding hydrogens is 274 g/mol. The number of nitrogens with two attached hydrogens (primary N) is 1. The lowest BCUT2D eigenvalue weighted by Gasteiger charge is -2.21. The van der Waals surface area contributed by atoms with Crippen LogP contribution in [0.5, 0.6) is 0 Å². The van der Waals surface area contributed by atoms with Gasteiger partial charge in [-0.3, -0.25) is 4.79 Å². The molecule has 0 aromatic rings. The molecule has 2 fully saturated rings. The normalized spacial score (nSPS) is 27.5. The molecule has 2 unspecified atom stereocenters. The molecule has 2 aliphatic rings. The Morgan fingerprint density at radius 1 is 1.26 bits per heavy atom. The second-order valence-electron chi connectivity index (χ2n) is 5.68. The molecule has 0 radical (unpaired) electrons. The molecule has 0 aromatic heterocycles. The molecule has 0 aromatic carbocycles. The van der Waals surface area contributed by atoms with E-state index in [4.69, 9.17) is 5.73 Å². The summed E-state index contributed by atoms with van der Waals surface area (Å²) in [5, 5.41) is 2.34. The predicted molar refractivity (Wildman–Crippen MR) is 72.4 cm³/mol. The molecule has 0 aliphatic heterocycles. The van der Waals surface area contributed by atoms with Crippen LogP contribution in [0.4, 0.5) is 8.78 Å². The molecule has 0 spiro atoms. The van der Waals surface area contributed by atoms with Crippen LogP contribution in [0.2, 0.25) is 0 Å². The van der Waals surface area contributed by atoms with Gasteiger partial charge in [-0.05, 0) is 18.3 Å². The molecule has 0 heterocycles. The Kier molecular flexibility index (Phi) is 5.99. The molecule has 3 nitrogen and oxygen atoms in total. The topological polar surface area (TPSA) is 55.1 Å². The summed E-state index contributed by atoms with van der Waals surface area (Å²) < 4.78 is 25.8. The van der Waals surface area contributed by atoms with Crippen LogP contribution in [0.25, 0.3) is 0 Å². The molecule has 19 heavy (non-hydrogen) atoms. The number of carbonyl (C=O) groups excluding carboxylic acids is 1. The molecule has 2 saturated carbocycles. The summed E-state index contributed by atoms with van der Waals surface area (Å²) >= 11 is 0. The highest BCUT2D eigenvalue weighted by atomic mass is 35.5. The first-order valence-electron chi connectivity index (χ1n) is 6.89. The number of carbonyl (C=O) groups is 1. The van der Waals surface area contributed by atoms with E-state index >= 15 is 0 Å². The number of hydrogen-bond acceptors (Lipinski definition) is 2. The van der Waals surface area contributed by atoms with E-state index in [-0.39, 0.29) is 24.2 Å². The standard InChI is InChI=1S/C13H22F2N2O.ClH/c14-13(15,7-16)8-17-12(18)11-6-10(11)9-4-2-1-3-5-9;/h9-11H,1-8,16H2,(H,17,18);1H. The van der Waals surface area contributed by atoms with Crippen LogP contribution in [-0.2, 0) is 4.79 Å². The van der Waals surface area contributed by atoms with E-state index in [0.717, 1.165) is 6.42 Å². The van der Waals surface area contributed by atoms with Gasteiger partial charge in [-0.25, -0.2) is 8.78 Å². The van der Waals surface area contributed by atoms with Gasteiger partial charge in [0, 0.05) is 5.92 Å². The SMILES string of the molecule is Cl.NCC(F)(F)CNC(=O)C1CC1C1CCCCC1. The maximum atomic E-state index is 12.9. The van der Waals surface area contributed by atoms with Crippen molar-refractivity contribution >= 4 is 18.3 Å². The fourth-order valence-corrected chi connectivity index (χ4v) is 3.02. The molecule has 0 saturated heterocycles. The summed E-state index contributed by atoms with van der Waals surface area (Å²) in [5.74, 6) is -2.13. The minimum absolute atomic E-state index is 0. The van der Waals surface area contributed by atoms with E-state index in [1.807, 2.05) is 0 Å². The van der Waals surface area contributed by atoms with Gasteiger partial charge < -0.3 is 11.1 Å². The van der Waals surface area contributed by atoms with Crippen LogP contribution in [-0.4, -0.2) is 24.9 Å². The van der Waals surface area contributed by atoms with Gasteiger partial charge >= 0.3 is 0 Å². The van der Waals surface area contributed by atoms with Gasteiger partial charge in [-0.1, -0.05) is 32.1 Å². The molecule has 1 amide bonds. The van der Waals surface area contributed by atoms with Gasteiger partial charge in [0.05, 0.1) is 13.1 Å². The Morgan fingerprint density at radius 3 is 2.47 bits per heavy atom. The first-order chi connectivity index (χ1) is 8.53. The number of amides is 1. The second kappa shape index (κ2) is 6.84. The smallest absolute Gasteiger partial charge is 0.277 e. The number of nitrogens with one attached hydrogen (secondary N) is 1. The monoisotopic (exact) mass is 296 g/mol. The van der Waals surface area contributed by atoms with E-state index in [2.05, 4.69) is 5.32 Å². The van der Waals surface area contributed by atoms with Crippen molar-refractivity contribution in [3.8, 4) is 0 Å². The van der Waals surface area contributed by atoms with Crippen molar-refractivity contribution in [1.29, 1.82) is 0 Å². The van der Waals surface area contributed by atoms with E-state index in [9.17, 15) is 13.6 Å². The van der Waals surface area contributed by atoms with Crippen molar-refractivity contribution in [2.45, 2.75) is 44.4 Å². The lowest BCUT2D eigenvalue weighted by atomic mass is 9.85. The van der Waals surface area contributed by atoms with Gasteiger partial charge in [0.25, 0.3) is 5.92 Å². The molecule has 2 rings (SSSR count). The summed E-state index contributed by atoms with van der Waals surface area (Å²) in [4.78, 5) is 11.7. The molecule has 6 heteroatoms. The minimum Gasteiger partial charge on any atom is -0.350 e. The van der Waals surface area contributed by atoms with Gasteiger partial charge in [-0.15, -0.1) is 12.4 Å². The van der Waals surface area contributed by atoms with Crippen LogP contribution in [0.1, 0.15) is 38.5 Å². The Bertz CT molecular complexity index is 309. The zero-order chi connectivity index (χ0) is 13.2. The van der Waals surface area contributed by atoms with Crippen LogP contribution >= 0.6 is 12.4 Å². The lowest BCUT2D eigenvalue weighted by Crippen LogP contribution is -2.42. The van der Waals surface area contributed by atoms with Gasteiger partial charge in [0.2, 0.25) is 5.91 Å². The Morgan fingerprint density at radius 2 is 1.89 bits per heavy atom. The molecule has 112 valence electrons. The highest BCUT2D eigenvalue weighted by Crippen LogP contribution is 2.49. The highest BCUT2D eigenvalue weighted by Gasteiger charge is 2.47. The van der Waals surface area contributed by atoms with Crippen LogP contribution in [0, 0.1) is 17.8 Å². The highest BCUT2D eigenvalue weighted by molar-refractivity contribution is 5.85. The van der Waals surface area contributed by atoms with Gasteiger partial charge in [0.15, 0.2) is 0 Å². The maximum Gasteiger partial charge on any atom is 0.277 e. The minimum atomic E-state index is -2.98. The fraction of sp³-hybridized carbons (Fsp3) is 0.923. The quantitative estimate of drug-likeness (QED) is 0.818. The first-order valence-corrected chi connectivity index (χ1v) is 6.89. The zero-order valence-corrected chi connectivity index (χ0v) is 11.9. The maximum absolute atomic E-state index is 12.9. The van der Waals surface area contributed by atoms with Crippen LogP contribution in [0.3, 0.4) is 0 Å². The van der Waals surface area contributed by atoms with Crippen molar-refractivity contribution in [3.05, 3.63) is 0 Å².